The summed E-state index contributed by atoms with van der Waals surface area (Å²) in [7, 11) is 0. The number of aliphatic imine (C=N–C) groups is 1. The molecule has 0 amide bonds. The van der Waals surface area contributed by atoms with Gasteiger partial charge in [0.15, 0.2) is 5.78 Å². The summed E-state index contributed by atoms with van der Waals surface area (Å²) in [5.41, 5.74) is 11.2. The van der Waals surface area contributed by atoms with Crippen LogP contribution in [0.1, 0.15) is 66.7 Å². The molecule has 0 radical (unpaired) electrons. The molecule has 2 aromatic heterocycles. The number of imidazole rings is 1. The van der Waals surface area contributed by atoms with Gasteiger partial charge in [-0.3, -0.25) is 9.79 Å². The molecule has 1 atom stereocenters. The Labute approximate surface area is 188 Å². The van der Waals surface area contributed by atoms with Crippen molar-refractivity contribution in [2.45, 2.75) is 57.9 Å². The van der Waals surface area contributed by atoms with Gasteiger partial charge in [-0.15, -0.1) is 0 Å². The lowest BCUT2D eigenvalue weighted by Crippen LogP contribution is -2.43. The second-order valence-corrected chi connectivity index (χ2v) is 9.75. The van der Waals surface area contributed by atoms with Crippen LogP contribution in [-0.2, 0) is 18.4 Å². The molecule has 1 aliphatic heterocycles. The summed E-state index contributed by atoms with van der Waals surface area (Å²) in [4.78, 5) is 26.0. The monoisotopic (exact) mass is 425 g/mol. The molecule has 2 N–H and O–H groups in total. The number of aryl methyl sites for hydroxylation is 1. The lowest BCUT2D eigenvalue weighted by atomic mass is 9.68. The van der Waals surface area contributed by atoms with Crippen LogP contribution in [-0.4, -0.2) is 21.0 Å². The Bertz CT molecular complexity index is 1310. The Balaban J connectivity index is 1.46. The summed E-state index contributed by atoms with van der Waals surface area (Å²) in [6.45, 7) is 11.5. The summed E-state index contributed by atoms with van der Waals surface area (Å²) < 4.78 is 1.74. The van der Waals surface area contributed by atoms with Crippen molar-refractivity contribution in [2.75, 3.05) is 0 Å². The van der Waals surface area contributed by atoms with Crippen molar-refractivity contribution in [2.24, 2.45) is 16.1 Å². The molecule has 0 bridgehead atoms. The van der Waals surface area contributed by atoms with Crippen LogP contribution in [0.2, 0.25) is 0 Å². The van der Waals surface area contributed by atoms with Crippen LogP contribution in [0, 0.1) is 12.0 Å². The van der Waals surface area contributed by atoms with E-state index in [2.05, 4.69) is 41.9 Å². The molecule has 32 heavy (non-hydrogen) atoms. The Morgan fingerprint density at radius 1 is 1.19 bits per heavy atom. The van der Waals surface area contributed by atoms with Gasteiger partial charge < -0.3 is 10.1 Å². The molecular formula is C26H27N5O. The van der Waals surface area contributed by atoms with Gasteiger partial charge in [0.2, 0.25) is 5.69 Å². The number of benzene rings is 1. The third-order valence-corrected chi connectivity index (χ3v) is 7.12. The van der Waals surface area contributed by atoms with Gasteiger partial charge >= 0.3 is 0 Å². The Morgan fingerprint density at radius 3 is 2.81 bits per heavy atom. The number of nitrogens with zero attached hydrogens (tertiary/aromatic N) is 4. The number of rotatable bonds is 3. The normalized spacial score (nSPS) is 21.7. The largest absolute Gasteiger partial charge is 0.387 e. The van der Waals surface area contributed by atoms with Gasteiger partial charge in [-0.25, -0.2) is 9.83 Å². The third kappa shape index (κ3) is 3.38. The fraction of sp³-hybridized carbons (Fsp3) is 0.385. The van der Waals surface area contributed by atoms with Crippen LogP contribution in [0.4, 0.5) is 5.69 Å². The summed E-state index contributed by atoms with van der Waals surface area (Å²) in [5.74, 6) is 0.706. The molecule has 6 nitrogen and oxygen atoms in total. The minimum absolute atomic E-state index is 0.0318. The zero-order chi connectivity index (χ0) is 22.5. The molecule has 1 aromatic carbocycles. The van der Waals surface area contributed by atoms with Gasteiger partial charge in [0, 0.05) is 24.2 Å². The number of Topliss-reactive ketones (excluding diaryl/α,β-unsaturated/α-hetero) is 1. The lowest BCUT2D eigenvalue weighted by Gasteiger charge is -2.43. The maximum Gasteiger partial charge on any atom is 0.203 e. The number of hydrogen-bond acceptors (Lipinski definition) is 4. The van der Waals surface area contributed by atoms with Crippen molar-refractivity contribution in [3.8, 4) is 0 Å². The Kier molecular flexibility index (Phi) is 4.67. The first kappa shape index (κ1) is 20.4. The molecule has 0 saturated carbocycles. The highest BCUT2D eigenvalue weighted by Gasteiger charge is 2.42. The average molecular weight is 426 g/mol. The molecular weight excluding hydrogens is 398 g/mol. The number of hydrogen-bond donors (Lipinski definition) is 1. The average Bonchev–Trinajstić information content (AvgIpc) is 3.21. The highest BCUT2D eigenvalue weighted by atomic mass is 16.1. The van der Waals surface area contributed by atoms with Crippen molar-refractivity contribution >= 4 is 23.0 Å². The predicted molar refractivity (Wildman–Crippen MR) is 125 cm³/mol. The second kappa shape index (κ2) is 7.30. The predicted octanol–water partition coefficient (Wildman–Crippen LogP) is 5.02. The number of carbonyl (C=O) groups excluding carboxylic acids is 1. The molecule has 1 spiro atoms. The first-order chi connectivity index (χ1) is 15.3. The van der Waals surface area contributed by atoms with Crippen LogP contribution in [0.25, 0.3) is 10.5 Å². The summed E-state index contributed by atoms with van der Waals surface area (Å²) in [6.07, 6.45) is 8.84. The number of carbonyl (C=O) groups is 1. The fourth-order valence-corrected chi connectivity index (χ4v) is 5.01. The minimum Gasteiger partial charge on any atom is -0.387 e. The molecule has 3 heterocycles. The van der Waals surface area contributed by atoms with E-state index in [1.165, 1.54) is 11.1 Å². The number of pyridine rings is 1. The van der Waals surface area contributed by atoms with Crippen LogP contribution in [0.5, 0.6) is 0 Å². The summed E-state index contributed by atoms with van der Waals surface area (Å²) in [6, 6.07) is 9.87. The van der Waals surface area contributed by atoms with E-state index in [0.29, 0.717) is 17.0 Å². The highest BCUT2D eigenvalue weighted by Crippen LogP contribution is 2.47. The molecule has 2 aliphatic rings. The van der Waals surface area contributed by atoms with Crippen molar-refractivity contribution < 1.29 is 4.79 Å². The zero-order valence-electron chi connectivity index (χ0n) is 18.6. The maximum atomic E-state index is 13.0. The molecule has 6 heteroatoms. The van der Waals surface area contributed by atoms with Crippen LogP contribution in [0.15, 0.2) is 47.7 Å². The molecule has 162 valence electrons. The first-order valence-corrected chi connectivity index (χ1v) is 11.2. The fourth-order valence-electron chi connectivity index (χ4n) is 5.01. The summed E-state index contributed by atoms with van der Waals surface area (Å²) in [5, 5.41) is 0. The summed E-state index contributed by atoms with van der Waals surface area (Å²) >= 11 is 0. The number of aromatic nitrogens is 2. The van der Waals surface area contributed by atoms with Gasteiger partial charge in [0.05, 0.1) is 12.1 Å². The first-order valence-electron chi connectivity index (χ1n) is 11.2. The van der Waals surface area contributed by atoms with E-state index in [1.807, 2.05) is 0 Å². The standard InChI is InChI=1S/C26H27N5O/c1-25(2)11-12-26(30-24(25)27)10-4-5-18-7-6-17(13-20(18)26)14-22(32)21-16-31-15-19(28-3)8-9-23(31)29-21/h6-9,13,15-16H,4-5,10-12,14H2,1-2H3,(H2,27,30)/t26-/m0/s1. The Morgan fingerprint density at radius 2 is 2.03 bits per heavy atom. The maximum absolute atomic E-state index is 13.0. The smallest absolute Gasteiger partial charge is 0.203 e. The molecule has 0 saturated heterocycles. The van der Waals surface area contributed by atoms with E-state index in [0.717, 1.165) is 43.5 Å². The quantitative estimate of drug-likeness (QED) is 0.473. The number of ketones is 1. The second-order valence-electron chi connectivity index (χ2n) is 9.75. The van der Waals surface area contributed by atoms with Gasteiger partial charge in [-0.2, -0.15) is 0 Å². The van der Waals surface area contributed by atoms with Crippen LogP contribution >= 0.6 is 0 Å². The van der Waals surface area contributed by atoms with E-state index in [4.69, 9.17) is 17.3 Å². The van der Waals surface area contributed by atoms with Gasteiger partial charge in [0.25, 0.3) is 0 Å². The van der Waals surface area contributed by atoms with Crippen molar-refractivity contribution in [1.82, 2.24) is 9.38 Å². The van der Waals surface area contributed by atoms with Gasteiger partial charge in [-0.1, -0.05) is 38.1 Å². The number of nitrogens with two attached hydrogens (primary N) is 1. The van der Waals surface area contributed by atoms with Crippen molar-refractivity contribution in [3.63, 3.8) is 0 Å². The zero-order valence-corrected chi connectivity index (χ0v) is 18.6. The van der Waals surface area contributed by atoms with E-state index in [1.54, 1.807) is 28.9 Å². The van der Waals surface area contributed by atoms with Crippen LogP contribution < -0.4 is 5.73 Å². The number of amidine groups is 1. The van der Waals surface area contributed by atoms with E-state index < -0.39 is 0 Å². The van der Waals surface area contributed by atoms with E-state index >= 15 is 0 Å². The minimum atomic E-state index is -0.258. The van der Waals surface area contributed by atoms with Crippen molar-refractivity contribution in [3.05, 3.63) is 76.5 Å². The van der Waals surface area contributed by atoms with Gasteiger partial charge in [-0.05, 0) is 54.9 Å². The molecule has 3 aromatic rings. The lowest BCUT2D eigenvalue weighted by molar-refractivity contribution is 0.0988. The topological polar surface area (TPSA) is 77.1 Å². The van der Waals surface area contributed by atoms with Crippen molar-refractivity contribution in [1.29, 1.82) is 0 Å². The van der Waals surface area contributed by atoms with E-state index in [-0.39, 0.29) is 23.2 Å². The van der Waals surface area contributed by atoms with Gasteiger partial charge in [0.1, 0.15) is 17.2 Å². The third-order valence-electron chi connectivity index (χ3n) is 7.12. The molecule has 0 fully saturated rings. The highest BCUT2D eigenvalue weighted by molar-refractivity contribution is 5.96. The molecule has 1 aliphatic carbocycles. The van der Waals surface area contributed by atoms with Crippen LogP contribution in [0.3, 0.4) is 0 Å². The molecule has 5 rings (SSSR count). The molecule has 0 unspecified atom stereocenters. The Hall–Kier alpha value is -3.46. The van der Waals surface area contributed by atoms with E-state index in [9.17, 15) is 4.79 Å². The number of fused-ring (bicyclic) bond motifs is 3. The SMILES string of the molecule is [C-]#[N+]c1ccc2nc(C(=O)Cc3ccc4c(c3)[C@]3(CCC4)CCC(C)(C)C(N)=N3)cn2c1.